The van der Waals surface area contributed by atoms with Crippen LogP contribution in [-0.2, 0) is 0 Å². The van der Waals surface area contributed by atoms with Crippen LogP contribution in [0.15, 0.2) is 72.4 Å². The predicted octanol–water partition coefficient (Wildman–Crippen LogP) is 15.8. The summed E-state index contributed by atoms with van der Waals surface area (Å²) in [4.78, 5) is 0. The maximum atomic E-state index is 3.56. The Kier molecular flexibility index (Phi) is 149. The molecule has 0 aliphatic heterocycles. The van der Waals surface area contributed by atoms with Gasteiger partial charge >= 0.3 is 0 Å². The highest BCUT2D eigenvalue weighted by Gasteiger charge is 2.03. The Morgan fingerprint density at radius 2 is 0.556 bits per heavy atom. The summed E-state index contributed by atoms with van der Waals surface area (Å²) in [6, 6.07) is 0. The topological polar surface area (TPSA) is 0 Å². The van der Waals surface area contributed by atoms with Crippen LogP contribution in [0.5, 0.6) is 0 Å². The minimum Gasteiger partial charge on any atom is -0.106 e. The van der Waals surface area contributed by atoms with Gasteiger partial charge in [-0.05, 0) is 88.5 Å². The second-order valence-corrected chi connectivity index (χ2v) is 9.21. The van der Waals surface area contributed by atoms with E-state index in [9.17, 15) is 0 Å². The van der Waals surface area contributed by atoms with Gasteiger partial charge in [0.2, 0.25) is 0 Å². The lowest BCUT2D eigenvalue weighted by Gasteiger charge is -2.11. The molecule has 0 aromatic rings. The average molecular weight is 519 g/mol. The van der Waals surface area contributed by atoms with Gasteiger partial charge in [-0.15, -0.1) is 32.9 Å². The minimum absolute atomic E-state index is 0. The highest BCUT2D eigenvalue weighted by atomic mass is 14.1. The first-order valence-electron chi connectivity index (χ1n) is 10.9. The largest absolute Gasteiger partial charge is 0.106 e. The Hall–Kier alpha value is -1.56. The number of allylic oxidation sites excluding steroid dienone is 7. The van der Waals surface area contributed by atoms with Gasteiger partial charge < -0.3 is 0 Å². The molecule has 0 spiro atoms. The molecule has 0 unspecified atom stereocenters. The molecule has 0 heteroatoms. The molecule has 0 aliphatic rings. The van der Waals surface area contributed by atoms with Crippen molar-refractivity contribution in [3.8, 4) is 0 Å². The van der Waals surface area contributed by atoms with Crippen LogP contribution in [0.25, 0.3) is 0 Å². The van der Waals surface area contributed by atoms with E-state index >= 15 is 0 Å². The minimum atomic E-state index is 0. The summed E-state index contributed by atoms with van der Waals surface area (Å²) in [6.45, 7) is 51.9. The van der Waals surface area contributed by atoms with Gasteiger partial charge in [-0.25, -0.2) is 0 Å². The molecule has 0 N–H and O–H groups in total. The van der Waals surface area contributed by atoms with Crippen LogP contribution in [0.4, 0.5) is 0 Å². The van der Waals surface area contributed by atoms with Crippen molar-refractivity contribution in [1.29, 1.82) is 0 Å². The molecule has 0 atom stereocenters. The van der Waals surface area contributed by atoms with Gasteiger partial charge in [0.1, 0.15) is 0 Å². The number of hydrogen-bond acceptors (Lipinski definition) is 0. The van der Waals surface area contributed by atoms with E-state index in [2.05, 4.69) is 101 Å². The van der Waals surface area contributed by atoms with Crippen LogP contribution in [-0.4, -0.2) is 0 Å². The first-order valence-corrected chi connectivity index (χ1v) is 10.9. The van der Waals surface area contributed by atoms with Crippen LogP contribution in [0.2, 0.25) is 0 Å². The molecule has 0 bridgehead atoms. The second kappa shape index (κ2) is 64.0. The monoisotopic (exact) mass is 519 g/mol. The maximum absolute atomic E-state index is 3.56. The van der Waals surface area contributed by atoms with E-state index in [-0.39, 0.29) is 44.6 Å². The zero-order valence-corrected chi connectivity index (χ0v) is 24.6. The van der Waals surface area contributed by atoms with Gasteiger partial charge in [0.25, 0.3) is 0 Å². The molecular weight excluding hydrogens is 432 g/mol. The molecule has 0 amide bonds. The van der Waals surface area contributed by atoms with E-state index in [1.54, 1.807) is 0 Å². The third-order valence-corrected chi connectivity index (χ3v) is 1.72. The Morgan fingerprint density at radius 3 is 0.556 bits per heavy atom. The molecule has 0 rings (SSSR count). The predicted molar refractivity (Wildman–Crippen MR) is 193 cm³/mol. The number of rotatable bonds is 0. The van der Waals surface area contributed by atoms with Crippen molar-refractivity contribution in [2.75, 3.05) is 0 Å². The summed E-state index contributed by atoms with van der Waals surface area (Å²) in [5.74, 6) is 0. The van der Waals surface area contributed by atoms with Gasteiger partial charge in [0.05, 0.1) is 0 Å². The summed E-state index contributed by atoms with van der Waals surface area (Å²) in [7, 11) is 0. The molecule has 0 heterocycles. The van der Waals surface area contributed by atoms with Crippen LogP contribution < -0.4 is 0 Å². The molecule has 0 aliphatic carbocycles. The normalized spacial score (nSPS) is 6.25. The van der Waals surface area contributed by atoms with E-state index in [1.807, 2.05) is 55.4 Å². The molecule has 0 nitrogen and oxygen atoms in total. The first kappa shape index (κ1) is 83.8. The third-order valence-electron chi connectivity index (χ3n) is 1.72. The lowest BCUT2D eigenvalue weighted by atomic mass is 9.94. The van der Waals surface area contributed by atoms with Crippen molar-refractivity contribution in [3.05, 3.63) is 72.4 Å². The first-order chi connectivity index (χ1) is 13.3. The molecule has 36 heavy (non-hydrogen) atoms. The van der Waals surface area contributed by atoms with Crippen molar-refractivity contribution in [2.24, 2.45) is 5.41 Å². The van der Waals surface area contributed by atoms with Crippen molar-refractivity contribution >= 4 is 0 Å². The molecular formula is C36H86. The Morgan fingerprint density at radius 1 is 0.444 bits per heavy atom. The van der Waals surface area contributed by atoms with E-state index in [1.165, 1.54) is 33.4 Å². The fourth-order valence-corrected chi connectivity index (χ4v) is 0.866. The fraction of sp³-hybridized carbons (Fsp3) is 0.667. The quantitative estimate of drug-likeness (QED) is 0.280. The maximum Gasteiger partial charge on any atom is -0.0201 e. The lowest BCUT2D eigenvalue weighted by molar-refractivity contribution is 0.540. The summed E-state index contributed by atoms with van der Waals surface area (Å²) >= 11 is 0. The van der Waals surface area contributed by atoms with Gasteiger partial charge in [0.15, 0.2) is 0 Å². The van der Waals surface area contributed by atoms with Gasteiger partial charge in [0, 0.05) is 0 Å². The molecule has 0 aromatic heterocycles. The highest BCUT2D eigenvalue weighted by molar-refractivity contribution is 5.02. The van der Waals surface area contributed by atoms with Crippen molar-refractivity contribution < 1.29 is 0 Å². The summed E-state index contributed by atoms with van der Waals surface area (Å²) < 4.78 is 0. The van der Waals surface area contributed by atoms with Crippen LogP contribution in [0, 0.1) is 5.41 Å². The van der Waals surface area contributed by atoms with E-state index < -0.39 is 0 Å². The van der Waals surface area contributed by atoms with Gasteiger partial charge in [-0.1, -0.05) is 119 Å². The second-order valence-electron chi connectivity index (χ2n) is 9.21. The van der Waals surface area contributed by atoms with E-state index in [0.29, 0.717) is 5.41 Å². The Labute approximate surface area is 239 Å². The fourth-order valence-electron chi connectivity index (χ4n) is 0.866. The van der Waals surface area contributed by atoms with E-state index in [0.717, 1.165) is 0 Å². The Balaban J connectivity index is -0.0000000158. The molecule has 0 saturated heterocycles. The van der Waals surface area contributed by atoms with Crippen molar-refractivity contribution in [3.63, 3.8) is 0 Å². The lowest BCUT2D eigenvalue weighted by Crippen LogP contribution is -1.99. The summed E-state index contributed by atoms with van der Waals surface area (Å²) in [5.41, 5.74) is 8.11. The van der Waals surface area contributed by atoms with Crippen molar-refractivity contribution in [2.45, 2.75) is 162 Å². The van der Waals surface area contributed by atoms with E-state index in [4.69, 9.17) is 0 Å². The zero-order valence-electron chi connectivity index (χ0n) is 24.6. The summed E-state index contributed by atoms with van der Waals surface area (Å²) in [5, 5.41) is 0. The van der Waals surface area contributed by atoms with Crippen LogP contribution in [0.1, 0.15) is 162 Å². The molecule has 0 fully saturated rings. The smallest absolute Gasteiger partial charge is 0.0201 e. The molecule has 0 saturated carbocycles. The van der Waals surface area contributed by atoms with Crippen molar-refractivity contribution in [1.82, 2.24) is 0 Å². The van der Waals surface area contributed by atoms with Crippen LogP contribution in [0.3, 0.4) is 0 Å². The summed E-state index contributed by atoms with van der Waals surface area (Å²) in [6.07, 6.45) is 2.27. The van der Waals surface area contributed by atoms with Gasteiger partial charge in [-0.2, -0.15) is 0 Å². The molecule has 0 aromatic carbocycles. The average Bonchev–Trinajstić information content (AvgIpc) is 2.47. The number of hydrogen-bond donors (Lipinski definition) is 0. The SMILES string of the molecule is C.C.C.C.C.C.C=C.C=C(C)C.C=C(C)C.C=C(C)C.CC.CC(C)=C(C)C.CC(C)=CC(C)(C)C. The van der Waals surface area contributed by atoms with Crippen LogP contribution >= 0.6 is 0 Å². The standard InChI is InChI=1S/C8H16.C6H12.3C4H8.C2H6.C2H4.6CH4/c1-7(2)6-8(3,4)5;1-5(2)6(3)4;3*1-4(2)3;2*1-2;;;;;;/h6H,1-5H3;1-4H3;3*1H2,2-3H3;1-2H3;1-2H2;6*1H4. The highest BCUT2D eigenvalue weighted by Crippen LogP contribution is 2.16. The molecule has 0 radical (unpaired) electrons. The third kappa shape index (κ3) is 579. The zero-order chi connectivity index (χ0) is 26.7. The molecule has 230 valence electrons. The Bertz CT molecular complexity index is 382. The van der Waals surface area contributed by atoms with Gasteiger partial charge in [-0.3, -0.25) is 0 Å².